The second-order valence-electron chi connectivity index (χ2n) is 5.32. The quantitative estimate of drug-likeness (QED) is 0.909. The third kappa shape index (κ3) is 2.88. The van der Waals surface area contributed by atoms with E-state index >= 15 is 0 Å². The van der Waals surface area contributed by atoms with Gasteiger partial charge < -0.3 is 15.0 Å². The number of aryl methyl sites for hydroxylation is 2. The van der Waals surface area contributed by atoms with Crippen molar-refractivity contribution in [3.8, 4) is 0 Å². The van der Waals surface area contributed by atoms with Gasteiger partial charge in [-0.3, -0.25) is 4.79 Å². The summed E-state index contributed by atoms with van der Waals surface area (Å²) in [5, 5.41) is 11.9. The van der Waals surface area contributed by atoms with E-state index in [2.05, 4.69) is 9.88 Å². The van der Waals surface area contributed by atoms with Crippen LogP contribution in [0.15, 0.2) is 24.3 Å². The number of anilines is 1. The molecule has 22 heavy (non-hydrogen) atoms. The fraction of sp³-hybridized carbons (Fsp3) is 0.294. The van der Waals surface area contributed by atoms with Crippen LogP contribution < -0.4 is 5.32 Å². The highest BCUT2D eigenvalue weighted by atomic mass is 16.4. The standard InChI is InChI=1S/C17H20N2O3/c1-5-19-11(3)8-14(12(19)4)16(20)18-15-9-13(17(21)22)7-6-10(15)2/h6-9H,5H2,1-4H3,(H,18,20)(H,21,22). The molecule has 0 spiro atoms. The summed E-state index contributed by atoms with van der Waals surface area (Å²) in [6, 6.07) is 6.55. The van der Waals surface area contributed by atoms with Crippen LogP contribution in [0.3, 0.4) is 0 Å². The molecule has 1 amide bonds. The molecule has 0 saturated carbocycles. The number of nitrogens with one attached hydrogen (secondary N) is 1. The molecule has 1 aromatic carbocycles. The maximum Gasteiger partial charge on any atom is 0.335 e. The number of carboxylic acid groups (broad SMARTS) is 1. The van der Waals surface area contributed by atoms with Gasteiger partial charge in [-0.25, -0.2) is 4.79 Å². The SMILES string of the molecule is CCn1c(C)cc(C(=O)Nc2cc(C(=O)O)ccc2C)c1C. The number of carbonyl (C=O) groups excluding carboxylic acids is 1. The Hall–Kier alpha value is -2.56. The largest absolute Gasteiger partial charge is 0.478 e. The number of hydrogen-bond donors (Lipinski definition) is 2. The molecule has 1 heterocycles. The van der Waals surface area contributed by atoms with E-state index in [4.69, 9.17) is 5.11 Å². The average molecular weight is 300 g/mol. The van der Waals surface area contributed by atoms with Gasteiger partial charge in [-0.2, -0.15) is 0 Å². The highest BCUT2D eigenvalue weighted by Gasteiger charge is 2.16. The Morgan fingerprint density at radius 3 is 2.41 bits per heavy atom. The first-order valence-electron chi connectivity index (χ1n) is 7.17. The summed E-state index contributed by atoms with van der Waals surface area (Å²) in [6.07, 6.45) is 0. The molecule has 1 aromatic heterocycles. The van der Waals surface area contributed by atoms with E-state index < -0.39 is 5.97 Å². The third-order valence-electron chi connectivity index (χ3n) is 3.87. The fourth-order valence-electron chi connectivity index (χ4n) is 2.60. The van der Waals surface area contributed by atoms with Crippen LogP contribution in [0.4, 0.5) is 5.69 Å². The van der Waals surface area contributed by atoms with Crippen LogP contribution in [0.25, 0.3) is 0 Å². The predicted octanol–water partition coefficient (Wildman–Crippen LogP) is 3.38. The molecule has 0 aliphatic rings. The number of rotatable bonds is 4. The van der Waals surface area contributed by atoms with E-state index in [0.29, 0.717) is 11.3 Å². The number of nitrogens with zero attached hydrogens (tertiary/aromatic N) is 1. The first-order chi connectivity index (χ1) is 10.3. The van der Waals surface area contributed by atoms with Crippen molar-refractivity contribution in [3.05, 3.63) is 52.3 Å². The Morgan fingerprint density at radius 1 is 1.18 bits per heavy atom. The Balaban J connectivity index is 2.33. The van der Waals surface area contributed by atoms with Gasteiger partial charge in [0.05, 0.1) is 11.1 Å². The van der Waals surface area contributed by atoms with Crippen molar-refractivity contribution in [1.82, 2.24) is 4.57 Å². The van der Waals surface area contributed by atoms with Gasteiger partial charge in [-0.05, 0) is 51.5 Å². The van der Waals surface area contributed by atoms with Gasteiger partial charge in [0.2, 0.25) is 0 Å². The summed E-state index contributed by atoms with van der Waals surface area (Å²) in [7, 11) is 0. The molecule has 0 aliphatic carbocycles. The predicted molar refractivity (Wildman–Crippen MR) is 85.7 cm³/mol. The summed E-state index contributed by atoms with van der Waals surface area (Å²) >= 11 is 0. The summed E-state index contributed by atoms with van der Waals surface area (Å²) in [4.78, 5) is 23.5. The lowest BCUT2D eigenvalue weighted by Gasteiger charge is -2.10. The zero-order chi connectivity index (χ0) is 16.4. The molecule has 2 aromatic rings. The first kappa shape index (κ1) is 15.8. The average Bonchev–Trinajstić information content (AvgIpc) is 2.75. The van der Waals surface area contributed by atoms with Gasteiger partial charge >= 0.3 is 5.97 Å². The van der Waals surface area contributed by atoms with Crippen LogP contribution in [-0.2, 0) is 6.54 Å². The highest BCUT2D eigenvalue weighted by molar-refractivity contribution is 6.06. The molecule has 2 N–H and O–H groups in total. The number of benzene rings is 1. The molecule has 0 saturated heterocycles. The lowest BCUT2D eigenvalue weighted by Crippen LogP contribution is -2.14. The van der Waals surface area contributed by atoms with Gasteiger partial charge in [0.25, 0.3) is 5.91 Å². The Kier molecular flexibility index (Phi) is 4.35. The second-order valence-corrected chi connectivity index (χ2v) is 5.32. The minimum atomic E-state index is -1.01. The number of carboxylic acids is 1. The number of hydrogen-bond acceptors (Lipinski definition) is 2. The molecular weight excluding hydrogens is 280 g/mol. The molecule has 0 radical (unpaired) electrons. The monoisotopic (exact) mass is 300 g/mol. The molecule has 0 aliphatic heterocycles. The lowest BCUT2D eigenvalue weighted by atomic mass is 10.1. The van der Waals surface area contributed by atoms with Crippen molar-refractivity contribution in [3.63, 3.8) is 0 Å². The lowest BCUT2D eigenvalue weighted by molar-refractivity contribution is 0.0696. The minimum absolute atomic E-state index is 0.153. The zero-order valence-electron chi connectivity index (χ0n) is 13.2. The molecule has 0 unspecified atom stereocenters. The Labute approximate surface area is 129 Å². The molecule has 116 valence electrons. The minimum Gasteiger partial charge on any atom is -0.478 e. The summed E-state index contributed by atoms with van der Waals surface area (Å²) in [6.45, 7) is 8.53. The molecule has 0 atom stereocenters. The number of aromatic carboxylic acids is 1. The van der Waals surface area contributed by atoms with Gasteiger partial charge in [-0.15, -0.1) is 0 Å². The molecule has 0 bridgehead atoms. The van der Waals surface area contributed by atoms with Crippen LogP contribution in [0.2, 0.25) is 0 Å². The smallest absolute Gasteiger partial charge is 0.335 e. The summed E-state index contributed by atoms with van der Waals surface area (Å²) < 4.78 is 2.06. The van der Waals surface area contributed by atoms with Crippen molar-refractivity contribution in [2.24, 2.45) is 0 Å². The highest BCUT2D eigenvalue weighted by Crippen LogP contribution is 2.20. The van der Waals surface area contributed by atoms with Crippen LogP contribution in [-0.4, -0.2) is 21.6 Å². The van der Waals surface area contributed by atoms with E-state index in [-0.39, 0.29) is 11.5 Å². The van der Waals surface area contributed by atoms with Crippen LogP contribution in [0, 0.1) is 20.8 Å². The molecule has 0 fully saturated rings. The van der Waals surface area contributed by atoms with Crippen molar-refractivity contribution in [2.75, 3.05) is 5.32 Å². The zero-order valence-corrected chi connectivity index (χ0v) is 13.2. The van der Waals surface area contributed by atoms with Crippen LogP contribution in [0.1, 0.15) is 44.6 Å². The van der Waals surface area contributed by atoms with Crippen molar-refractivity contribution >= 4 is 17.6 Å². The fourth-order valence-corrected chi connectivity index (χ4v) is 2.60. The van der Waals surface area contributed by atoms with Crippen LogP contribution >= 0.6 is 0 Å². The summed E-state index contributed by atoms with van der Waals surface area (Å²) in [5.74, 6) is -1.24. The van der Waals surface area contributed by atoms with Crippen molar-refractivity contribution in [1.29, 1.82) is 0 Å². The molecule has 2 rings (SSSR count). The molecule has 5 nitrogen and oxygen atoms in total. The van der Waals surface area contributed by atoms with Crippen LogP contribution in [0.5, 0.6) is 0 Å². The number of carbonyl (C=O) groups is 2. The van der Waals surface area contributed by atoms with Crippen molar-refractivity contribution < 1.29 is 14.7 Å². The topological polar surface area (TPSA) is 71.3 Å². The Morgan fingerprint density at radius 2 is 1.86 bits per heavy atom. The van der Waals surface area contributed by atoms with E-state index in [9.17, 15) is 9.59 Å². The summed E-state index contributed by atoms with van der Waals surface area (Å²) in [5.41, 5.74) is 4.04. The van der Waals surface area contributed by atoms with Gasteiger partial charge in [0.15, 0.2) is 0 Å². The Bertz CT molecular complexity index is 745. The maximum atomic E-state index is 12.5. The first-order valence-corrected chi connectivity index (χ1v) is 7.17. The van der Waals surface area contributed by atoms with Gasteiger partial charge in [0.1, 0.15) is 0 Å². The third-order valence-corrected chi connectivity index (χ3v) is 3.87. The molecule has 5 heteroatoms. The van der Waals surface area contributed by atoms with Gasteiger partial charge in [-0.1, -0.05) is 6.07 Å². The van der Waals surface area contributed by atoms with E-state index in [1.54, 1.807) is 6.07 Å². The van der Waals surface area contributed by atoms with E-state index in [0.717, 1.165) is 23.5 Å². The normalized spacial score (nSPS) is 10.5. The van der Waals surface area contributed by atoms with E-state index in [1.165, 1.54) is 12.1 Å². The van der Waals surface area contributed by atoms with Crippen molar-refractivity contribution in [2.45, 2.75) is 34.2 Å². The van der Waals surface area contributed by atoms with E-state index in [1.807, 2.05) is 33.8 Å². The maximum absolute atomic E-state index is 12.5. The second kappa shape index (κ2) is 6.05. The number of aromatic nitrogens is 1. The molecular formula is C17H20N2O3. The van der Waals surface area contributed by atoms with Gasteiger partial charge in [0, 0.05) is 23.6 Å². The number of amides is 1.